The minimum absolute atomic E-state index is 0.146. The van der Waals surface area contributed by atoms with Crippen molar-refractivity contribution < 1.29 is 14.4 Å². The van der Waals surface area contributed by atoms with Crippen molar-refractivity contribution >= 4 is 0 Å². The lowest BCUT2D eigenvalue weighted by Gasteiger charge is -2.21. The molecule has 18 heavy (non-hydrogen) atoms. The molecule has 0 fully saturated rings. The predicted octanol–water partition coefficient (Wildman–Crippen LogP) is 1.51. The summed E-state index contributed by atoms with van der Waals surface area (Å²) in [6, 6.07) is 0. The molecular weight excluding hydrogens is 232 g/mol. The van der Waals surface area contributed by atoms with Crippen molar-refractivity contribution in [1.82, 2.24) is 10.1 Å². The molecule has 104 valence electrons. The highest BCUT2D eigenvalue weighted by atomic mass is 16.5. The fraction of sp³-hybridized carbons (Fsp3) is 0.769. The van der Waals surface area contributed by atoms with Gasteiger partial charge < -0.3 is 14.4 Å². The molecule has 1 atom stereocenters. The first kappa shape index (κ1) is 15.1. The second-order valence-electron chi connectivity index (χ2n) is 5.04. The Morgan fingerprint density at radius 3 is 2.56 bits per heavy atom. The molecule has 0 amide bonds. The number of aliphatic hydroxyl groups is 1. The molecule has 0 aromatic carbocycles. The Hall–Kier alpha value is -0.910. The van der Waals surface area contributed by atoms with E-state index in [2.05, 4.69) is 5.16 Å². The zero-order valence-electron chi connectivity index (χ0n) is 11.9. The standard InChI is InChI=1S/C13H24N2O3/c1-9(2)17-8-12(16)6-15(5)7-13-10(3)14-18-11(13)4/h9,12,16H,6-8H2,1-5H3. The SMILES string of the molecule is Cc1noc(C)c1CN(C)CC(O)COC(C)C. The maximum absolute atomic E-state index is 9.83. The van der Waals surface area contributed by atoms with E-state index in [1.54, 1.807) is 0 Å². The topological polar surface area (TPSA) is 58.7 Å². The summed E-state index contributed by atoms with van der Waals surface area (Å²) in [5.74, 6) is 0.840. The smallest absolute Gasteiger partial charge is 0.138 e. The molecule has 1 unspecified atom stereocenters. The summed E-state index contributed by atoms with van der Waals surface area (Å²) < 4.78 is 10.5. The third-order valence-electron chi connectivity index (χ3n) is 2.75. The van der Waals surface area contributed by atoms with Crippen molar-refractivity contribution in [1.29, 1.82) is 0 Å². The van der Waals surface area contributed by atoms with E-state index in [4.69, 9.17) is 9.26 Å². The molecule has 1 aromatic heterocycles. The van der Waals surface area contributed by atoms with Gasteiger partial charge in [0, 0.05) is 18.7 Å². The van der Waals surface area contributed by atoms with Crippen LogP contribution in [0.3, 0.4) is 0 Å². The van der Waals surface area contributed by atoms with Crippen molar-refractivity contribution in [3.63, 3.8) is 0 Å². The van der Waals surface area contributed by atoms with Crippen LogP contribution in [0.5, 0.6) is 0 Å². The molecule has 0 spiro atoms. The van der Waals surface area contributed by atoms with Gasteiger partial charge in [0.05, 0.1) is 24.5 Å². The average molecular weight is 256 g/mol. The zero-order chi connectivity index (χ0) is 13.7. The number of hydrogen-bond acceptors (Lipinski definition) is 5. The van der Waals surface area contributed by atoms with Gasteiger partial charge in [0.1, 0.15) is 5.76 Å². The minimum Gasteiger partial charge on any atom is -0.389 e. The first-order chi connectivity index (χ1) is 8.40. The van der Waals surface area contributed by atoms with Gasteiger partial charge in [0.15, 0.2) is 0 Å². The summed E-state index contributed by atoms with van der Waals surface area (Å²) in [6.07, 6.45) is -0.328. The maximum atomic E-state index is 9.83. The monoisotopic (exact) mass is 256 g/mol. The quantitative estimate of drug-likeness (QED) is 0.801. The van der Waals surface area contributed by atoms with Gasteiger partial charge in [-0.15, -0.1) is 0 Å². The molecule has 1 rings (SSSR count). The highest BCUT2D eigenvalue weighted by Gasteiger charge is 2.14. The fourth-order valence-corrected chi connectivity index (χ4v) is 1.78. The maximum Gasteiger partial charge on any atom is 0.138 e. The van der Waals surface area contributed by atoms with Crippen LogP contribution >= 0.6 is 0 Å². The van der Waals surface area contributed by atoms with Gasteiger partial charge in [-0.1, -0.05) is 5.16 Å². The van der Waals surface area contributed by atoms with E-state index in [0.717, 1.165) is 23.6 Å². The molecule has 0 saturated carbocycles. The van der Waals surface area contributed by atoms with Crippen LogP contribution in [-0.2, 0) is 11.3 Å². The molecule has 1 N–H and O–H groups in total. The van der Waals surface area contributed by atoms with E-state index in [0.29, 0.717) is 13.2 Å². The molecule has 5 heteroatoms. The van der Waals surface area contributed by atoms with Crippen molar-refractivity contribution in [3.05, 3.63) is 17.0 Å². The molecule has 0 aliphatic rings. The Labute approximate surface area is 109 Å². The van der Waals surface area contributed by atoms with Crippen LogP contribution in [0.25, 0.3) is 0 Å². The molecular formula is C13H24N2O3. The molecule has 0 saturated heterocycles. The van der Waals surface area contributed by atoms with Crippen LogP contribution in [-0.4, -0.2) is 47.6 Å². The summed E-state index contributed by atoms with van der Waals surface area (Å²) in [5, 5.41) is 13.7. The van der Waals surface area contributed by atoms with Gasteiger partial charge in [-0.2, -0.15) is 0 Å². The third-order valence-corrected chi connectivity index (χ3v) is 2.75. The van der Waals surface area contributed by atoms with Crippen LogP contribution in [0.15, 0.2) is 4.52 Å². The summed E-state index contributed by atoms with van der Waals surface area (Å²) in [5.41, 5.74) is 2.00. The Morgan fingerprint density at radius 2 is 2.06 bits per heavy atom. The van der Waals surface area contributed by atoms with E-state index in [1.165, 1.54) is 0 Å². The fourth-order valence-electron chi connectivity index (χ4n) is 1.78. The highest BCUT2D eigenvalue weighted by Crippen LogP contribution is 2.14. The van der Waals surface area contributed by atoms with Gasteiger partial charge in [-0.25, -0.2) is 0 Å². The summed E-state index contributed by atoms with van der Waals surface area (Å²) in [7, 11) is 1.96. The normalized spacial score (nSPS) is 13.6. The molecule has 1 aromatic rings. The Morgan fingerprint density at radius 1 is 1.39 bits per heavy atom. The lowest BCUT2D eigenvalue weighted by Crippen LogP contribution is -2.32. The lowest BCUT2D eigenvalue weighted by molar-refractivity contribution is -0.00639. The molecule has 0 aliphatic heterocycles. The van der Waals surface area contributed by atoms with Crippen LogP contribution < -0.4 is 0 Å². The van der Waals surface area contributed by atoms with Crippen molar-refractivity contribution in [3.8, 4) is 0 Å². The number of hydrogen-bond donors (Lipinski definition) is 1. The lowest BCUT2D eigenvalue weighted by atomic mass is 10.2. The third kappa shape index (κ3) is 4.76. The van der Waals surface area contributed by atoms with Crippen LogP contribution in [0.1, 0.15) is 30.9 Å². The van der Waals surface area contributed by atoms with Crippen LogP contribution in [0.4, 0.5) is 0 Å². The average Bonchev–Trinajstić information content (AvgIpc) is 2.58. The Balaban J connectivity index is 2.39. The summed E-state index contributed by atoms with van der Waals surface area (Å²) in [4.78, 5) is 2.04. The Bertz CT molecular complexity index is 344. The number of nitrogens with zero attached hydrogens (tertiary/aromatic N) is 2. The summed E-state index contributed by atoms with van der Waals surface area (Å²) in [6.45, 7) is 9.40. The highest BCUT2D eigenvalue weighted by molar-refractivity contribution is 5.20. The number of likely N-dealkylation sites (N-methyl/N-ethyl adjacent to an activating group) is 1. The predicted molar refractivity (Wildman–Crippen MR) is 69.4 cm³/mol. The van der Waals surface area contributed by atoms with Gasteiger partial charge in [-0.3, -0.25) is 4.90 Å². The number of ether oxygens (including phenoxy) is 1. The van der Waals surface area contributed by atoms with Crippen molar-refractivity contribution in [2.45, 2.75) is 46.4 Å². The number of aromatic nitrogens is 1. The molecule has 1 heterocycles. The van der Waals surface area contributed by atoms with E-state index in [9.17, 15) is 5.11 Å². The summed E-state index contributed by atoms with van der Waals surface area (Å²) >= 11 is 0. The molecule has 0 radical (unpaired) electrons. The van der Waals surface area contributed by atoms with E-state index in [-0.39, 0.29) is 6.10 Å². The van der Waals surface area contributed by atoms with Crippen LogP contribution in [0.2, 0.25) is 0 Å². The molecule has 0 aliphatic carbocycles. The van der Waals surface area contributed by atoms with Gasteiger partial charge >= 0.3 is 0 Å². The van der Waals surface area contributed by atoms with E-state index in [1.807, 2.05) is 39.6 Å². The zero-order valence-corrected chi connectivity index (χ0v) is 11.9. The molecule has 5 nitrogen and oxygen atoms in total. The van der Waals surface area contributed by atoms with Crippen LogP contribution in [0, 0.1) is 13.8 Å². The second kappa shape index (κ2) is 6.87. The number of aliphatic hydroxyl groups excluding tert-OH is 1. The molecule has 0 bridgehead atoms. The van der Waals surface area contributed by atoms with Gasteiger partial charge in [0.25, 0.3) is 0 Å². The Kier molecular flexibility index (Phi) is 5.78. The first-order valence-corrected chi connectivity index (χ1v) is 6.30. The van der Waals surface area contributed by atoms with Crippen molar-refractivity contribution in [2.75, 3.05) is 20.2 Å². The van der Waals surface area contributed by atoms with Gasteiger partial charge in [-0.05, 0) is 34.7 Å². The van der Waals surface area contributed by atoms with Crippen molar-refractivity contribution in [2.24, 2.45) is 0 Å². The van der Waals surface area contributed by atoms with Gasteiger partial charge in [0.2, 0.25) is 0 Å². The minimum atomic E-state index is -0.474. The number of rotatable bonds is 7. The largest absolute Gasteiger partial charge is 0.389 e. The first-order valence-electron chi connectivity index (χ1n) is 6.30. The van der Waals surface area contributed by atoms with E-state index >= 15 is 0 Å². The second-order valence-corrected chi connectivity index (χ2v) is 5.04. The number of aryl methyl sites for hydroxylation is 2. The van der Waals surface area contributed by atoms with E-state index < -0.39 is 6.10 Å².